The normalized spacial score (nSPS) is 12.3. The standard InChI is InChI=1S/C16H30F2O5S/c1-2-3-4-5-6-7-8-9-10-11-12-13-14-23-15(19)16(17,18)24(20,21)22/h2-14H2,1H3,(H,20,21,22)/p-1. The fraction of sp³-hybridized carbons (Fsp3) is 0.938. The van der Waals surface area contributed by atoms with Gasteiger partial charge < -0.3 is 9.29 Å². The largest absolute Gasteiger partial charge is 0.743 e. The van der Waals surface area contributed by atoms with Gasteiger partial charge in [-0.25, -0.2) is 13.2 Å². The van der Waals surface area contributed by atoms with Crippen LogP contribution in [0.2, 0.25) is 0 Å². The van der Waals surface area contributed by atoms with Gasteiger partial charge in [-0.1, -0.05) is 77.6 Å². The summed E-state index contributed by atoms with van der Waals surface area (Å²) in [6.45, 7) is 1.89. The lowest BCUT2D eigenvalue weighted by molar-refractivity contribution is -0.161. The summed E-state index contributed by atoms with van der Waals surface area (Å²) in [6.07, 6.45) is 13.0. The van der Waals surface area contributed by atoms with Crippen LogP contribution in [0.4, 0.5) is 8.78 Å². The summed E-state index contributed by atoms with van der Waals surface area (Å²) in [7, 11) is -6.03. The molecule has 5 nitrogen and oxygen atoms in total. The molecule has 0 saturated heterocycles. The summed E-state index contributed by atoms with van der Waals surface area (Å²) in [5, 5.41) is -5.01. The van der Waals surface area contributed by atoms with Gasteiger partial charge in [-0.2, -0.15) is 8.78 Å². The average Bonchev–Trinajstić information content (AvgIpc) is 2.50. The van der Waals surface area contributed by atoms with Gasteiger partial charge in [0, 0.05) is 0 Å². The van der Waals surface area contributed by atoms with Crippen LogP contribution in [0.1, 0.15) is 84.0 Å². The molecule has 8 heteroatoms. The van der Waals surface area contributed by atoms with Crippen molar-refractivity contribution in [3.8, 4) is 0 Å². The van der Waals surface area contributed by atoms with Gasteiger partial charge in [0.25, 0.3) is 0 Å². The van der Waals surface area contributed by atoms with Crippen molar-refractivity contribution in [1.82, 2.24) is 0 Å². The van der Waals surface area contributed by atoms with E-state index in [2.05, 4.69) is 11.7 Å². The molecule has 0 radical (unpaired) electrons. The number of esters is 1. The van der Waals surface area contributed by atoms with Gasteiger partial charge in [0.1, 0.15) is 0 Å². The molecule has 0 fully saturated rings. The molecule has 0 aliphatic rings. The fourth-order valence-electron chi connectivity index (χ4n) is 2.29. The number of unbranched alkanes of at least 4 members (excludes halogenated alkanes) is 11. The average molecular weight is 371 g/mol. The fourth-order valence-corrected chi connectivity index (χ4v) is 2.56. The number of carbonyl (C=O) groups is 1. The zero-order valence-electron chi connectivity index (χ0n) is 14.4. The van der Waals surface area contributed by atoms with Crippen LogP contribution in [-0.4, -0.2) is 30.8 Å². The second-order valence-electron chi connectivity index (χ2n) is 6.00. The third-order valence-electron chi connectivity index (χ3n) is 3.78. The molecule has 24 heavy (non-hydrogen) atoms. The summed E-state index contributed by atoms with van der Waals surface area (Å²) in [6, 6.07) is 0. The molecular weight excluding hydrogens is 342 g/mol. The van der Waals surface area contributed by atoms with Gasteiger partial charge in [-0.05, 0) is 6.42 Å². The molecule has 0 amide bonds. The Hall–Kier alpha value is -0.760. The molecule has 0 aliphatic carbocycles. The number of hydrogen-bond donors (Lipinski definition) is 0. The van der Waals surface area contributed by atoms with Gasteiger partial charge in [0.15, 0.2) is 10.1 Å². The Kier molecular flexibility index (Phi) is 12.2. The van der Waals surface area contributed by atoms with Crippen LogP contribution in [0.25, 0.3) is 0 Å². The molecule has 0 N–H and O–H groups in total. The lowest BCUT2D eigenvalue weighted by Crippen LogP contribution is -2.39. The lowest BCUT2D eigenvalue weighted by Gasteiger charge is -2.17. The highest BCUT2D eigenvalue weighted by Crippen LogP contribution is 2.22. The van der Waals surface area contributed by atoms with Crippen LogP contribution in [0.3, 0.4) is 0 Å². The number of hydrogen-bond acceptors (Lipinski definition) is 5. The van der Waals surface area contributed by atoms with Crippen molar-refractivity contribution in [2.75, 3.05) is 6.61 Å². The SMILES string of the molecule is CCCCCCCCCCCCCCOC(=O)C(F)(F)S(=O)(=O)[O-]. The van der Waals surface area contributed by atoms with E-state index < -0.39 is 21.3 Å². The Morgan fingerprint density at radius 1 is 0.875 bits per heavy atom. The van der Waals surface area contributed by atoms with Crippen molar-refractivity contribution in [2.45, 2.75) is 89.2 Å². The monoisotopic (exact) mass is 371 g/mol. The lowest BCUT2D eigenvalue weighted by atomic mass is 10.1. The highest BCUT2D eigenvalue weighted by Gasteiger charge is 2.48. The summed E-state index contributed by atoms with van der Waals surface area (Å²) >= 11 is 0. The van der Waals surface area contributed by atoms with E-state index in [9.17, 15) is 26.5 Å². The van der Waals surface area contributed by atoms with Gasteiger partial charge in [-0.3, -0.25) is 0 Å². The molecule has 0 aromatic rings. The third-order valence-corrected chi connectivity index (χ3v) is 4.58. The van der Waals surface area contributed by atoms with E-state index in [1.54, 1.807) is 0 Å². The Labute approximate surface area is 143 Å². The summed E-state index contributed by atoms with van der Waals surface area (Å²) in [5.74, 6) is -2.29. The first-order valence-corrected chi connectivity index (χ1v) is 10.1. The first kappa shape index (κ1) is 23.2. The van der Waals surface area contributed by atoms with E-state index >= 15 is 0 Å². The second-order valence-corrected chi connectivity index (χ2v) is 7.42. The molecule has 0 unspecified atom stereocenters. The molecular formula is C16H29F2O5S-. The molecule has 0 aromatic heterocycles. The van der Waals surface area contributed by atoms with Crippen LogP contribution < -0.4 is 0 Å². The van der Waals surface area contributed by atoms with Crippen LogP contribution in [0.15, 0.2) is 0 Å². The van der Waals surface area contributed by atoms with E-state index in [-0.39, 0.29) is 6.61 Å². The van der Waals surface area contributed by atoms with Crippen molar-refractivity contribution >= 4 is 16.1 Å². The minimum atomic E-state index is -6.03. The molecule has 0 bridgehead atoms. The maximum Gasteiger partial charge on any atom is 0.428 e. The topological polar surface area (TPSA) is 83.5 Å². The maximum absolute atomic E-state index is 12.8. The van der Waals surface area contributed by atoms with E-state index in [1.807, 2.05) is 0 Å². The van der Waals surface area contributed by atoms with Crippen molar-refractivity contribution in [3.05, 3.63) is 0 Å². The van der Waals surface area contributed by atoms with Crippen molar-refractivity contribution in [1.29, 1.82) is 0 Å². The van der Waals surface area contributed by atoms with E-state index in [1.165, 1.54) is 44.9 Å². The van der Waals surface area contributed by atoms with Gasteiger partial charge >= 0.3 is 11.2 Å². The van der Waals surface area contributed by atoms with Crippen LogP contribution in [-0.2, 0) is 19.6 Å². The van der Waals surface area contributed by atoms with Crippen LogP contribution in [0, 0.1) is 0 Å². The van der Waals surface area contributed by atoms with Gasteiger partial charge in [-0.15, -0.1) is 0 Å². The summed E-state index contributed by atoms with van der Waals surface area (Å²) < 4.78 is 60.4. The predicted octanol–water partition coefficient (Wildman–Crippen LogP) is 4.37. The maximum atomic E-state index is 12.8. The van der Waals surface area contributed by atoms with Crippen molar-refractivity contribution in [3.63, 3.8) is 0 Å². The Balaban J connectivity index is 3.47. The second kappa shape index (κ2) is 12.6. The van der Waals surface area contributed by atoms with Crippen molar-refractivity contribution in [2.24, 2.45) is 0 Å². The first-order valence-electron chi connectivity index (χ1n) is 8.74. The highest BCUT2D eigenvalue weighted by atomic mass is 32.2. The summed E-state index contributed by atoms with van der Waals surface area (Å²) in [5.41, 5.74) is 0. The first-order chi connectivity index (χ1) is 11.2. The Bertz CT molecular complexity index is 438. The molecule has 0 rings (SSSR count). The van der Waals surface area contributed by atoms with E-state index in [0.717, 1.165) is 19.3 Å². The van der Waals surface area contributed by atoms with Crippen molar-refractivity contribution < 1.29 is 31.3 Å². The predicted molar refractivity (Wildman–Crippen MR) is 86.7 cm³/mol. The van der Waals surface area contributed by atoms with E-state index in [0.29, 0.717) is 12.8 Å². The van der Waals surface area contributed by atoms with Crippen LogP contribution >= 0.6 is 0 Å². The quantitative estimate of drug-likeness (QED) is 0.242. The number of alkyl halides is 2. The molecule has 0 spiro atoms. The molecule has 144 valence electrons. The third kappa shape index (κ3) is 10.2. The van der Waals surface area contributed by atoms with Gasteiger partial charge in [0.2, 0.25) is 0 Å². The summed E-state index contributed by atoms with van der Waals surface area (Å²) in [4.78, 5) is 10.9. The minimum absolute atomic E-state index is 0.304. The van der Waals surface area contributed by atoms with Crippen LogP contribution in [0.5, 0.6) is 0 Å². The molecule has 0 atom stereocenters. The Morgan fingerprint density at radius 3 is 1.62 bits per heavy atom. The molecule has 0 aromatic carbocycles. The molecule has 0 saturated carbocycles. The number of carbonyl (C=O) groups excluding carboxylic acids is 1. The Morgan fingerprint density at radius 2 is 1.25 bits per heavy atom. The highest BCUT2D eigenvalue weighted by molar-refractivity contribution is 7.87. The minimum Gasteiger partial charge on any atom is -0.743 e. The molecule has 0 heterocycles. The zero-order valence-corrected chi connectivity index (χ0v) is 15.2. The number of halogens is 2. The molecule has 0 aliphatic heterocycles. The van der Waals surface area contributed by atoms with E-state index in [4.69, 9.17) is 0 Å². The van der Waals surface area contributed by atoms with Gasteiger partial charge in [0.05, 0.1) is 6.61 Å². The number of rotatable bonds is 15. The smallest absolute Gasteiger partial charge is 0.428 e. The zero-order chi connectivity index (χ0) is 18.5. The number of ether oxygens (including phenoxy) is 1.